The third kappa shape index (κ3) is 5.33. The molecule has 0 saturated carbocycles. The van der Waals surface area contributed by atoms with Gasteiger partial charge in [0.05, 0.1) is 22.1 Å². The molecule has 1 aliphatic rings. The molecule has 5 heteroatoms. The highest BCUT2D eigenvalue weighted by atomic mass is 15.2. The minimum Gasteiger partial charge on any atom is -0.309 e. The van der Waals surface area contributed by atoms with Crippen molar-refractivity contribution in [2.24, 2.45) is 0 Å². The number of para-hydroxylation sites is 2. The maximum atomic E-state index is 5.30. The van der Waals surface area contributed by atoms with Crippen LogP contribution in [0.1, 0.15) is 25.0 Å². The Balaban J connectivity index is 1.10. The molecule has 0 bridgehead atoms. The van der Waals surface area contributed by atoms with Crippen LogP contribution in [0.5, 0.6) is 0 Å². The van der Waals surface area contributed by atoms with E-state index in [9.17, 15) is 0 Å². The Morgan fingerprint density at radius 3 is 1.60 bits per heavy atom. The first kappa shape index (κ1) is 35.6. The van der Waals surface area contributed by atoms with Crippen LogP contribution in [-0.2, 0) is 5.41 Å². The van der Waals surface area contributed by atoms with Crippen LogP contribution in [0.2, 0.25) is 0 Å². The van der Waals surface area contributed by atoms with Crippen LogP contribution in [0.4, 0.5) is 0 Å². The Labute approximate surface area is 364 Å². The topological polar surface area (TPSA) is 48.5 Å². The van der Waals surface area contributed by atoms with Gasteiger partial charge in [0, 0.05) is 43.8 Å². The molecule has 0 N–H and O–H groups in total. The molecule has 0 amide bonds. The minimum absolute atomic E-state index is 0.262. The second-order valence-corrected chi connectivity index (χ2v) is 17.3. The molecule has 3 aromatic heterocycles. The van der Waals surface area contributed by atoms with Gasteiger partial charge in [0.25, 0.3) is 0 Å². The van der Waals surface area contributed by atoms with Crippen molar-refractivity contribution in [3.63, 3.8) is 0 Å². The second-order valence-electron chi connectivity index (χ2n) is 17.3. The van der Waals surface area contributed by atoms with Gasteiger partial charge < -0.3 is 4.57 Å². The summed E-state index contributed by atoms with van der Waals surface area (Å²) < 4.78 is 4.64. The first-order valence-corrected chi connectivity index (χ1v) is 21.6. The van der Waals surface area contributed by atoms with Gasteiger partial charge >= 0.3 is 0 Å². The SMILES string of the molecule is CC1(C)c2cc3c(cc2-c2cccc4cccc1c24)c1cc(-c2ccc4c(c2)c2ccccc2n4-c2ccccc2)ccc1n3-c1nc(-c2ccccc2)nc(-c2ccccc2)n1. The summed E-state index contributed by atoms with van der Waals surface area (Å²) in [5.41, 5.74) is 14.7. The van der Waals surface area contributed by atoms with Gasteiger partial charge in [0.2, 0.25) is 5.95 Å². The normalized spacial score (nSPS) is 13.0. The zero-order valence-electron chi connectivity index (χ0n) is 34.8. The van der Waals surface area contributed by atoms with Crippen molar-refractivity contribution in [2.45, 2.75) is 19.3 Å². The lowest BCUT2D eigenvalue weighted by molar-refractivity contribution is 0.646. The van der Waals surface area contributed by atoms with Crippen LogP contribution < -0.4 is 0 Å². The Morgan fingerprint density at radius 2 is 0.921 bits per heavy atom. The number of benzene rings is 9. The van der Waals surface area contributed by atoms with E-state index >= 15 is 0 Å². The predicted molar refractivity (Wildman–Crippen MR) is 260 cm³/mol. The Bertz CT molecular complexity index is 3740. The van der Waals surface area contributed by atoms with E-state index < -0.39 is 0 Å². The fourth-order valence-corrected chi connectivity index (χ4v) is 10.3. The molecule has 0 unspecified atom stereocenters. The summed E-state index contributed by atoms with van der Waals surface area (Å²) in [6.45, 7) is 4.73. The van der Waals surface area contributed by atoms with Crippen LogP contribution in [-0.4, -0.2) is 24.1 Å². The Kier molecular flexibility index (Phi) is 7.58. The first-order valence-electron chi connectivity index (χ1n) is 21.6. The molecular formula is C58H39N5. The van der Waals surface area contributed by atoms with Crippen molar-refractivity contribution in [1.82, 2.24) is 24.1 Å². The smallest absolute Gasteiger partial charge is 0.238 e. The number of fused-ring (bicyclic) bond motifs is 8. The molecule has 12 aromatic rings. The van der Waals surface area contributed by atoms with Crippen LogP contribution in [0.25, 0.3) is 111 Å². The molecule has 1 aliphatic carbocycles. The standard InChI is InChI=1S/C58H39N5/c1-58(2)48-26-15-21-36-20-14-25-43(54(36)48)44-34-47-46-33-40(39-28-30-51-45(32-39)42-24-12-13-27-50(42)62(51)41-22-10-5-11-23-41)29-31-52(46)63(53(47)35-49(44)58)57-60-55(37-16-6-3-7-17-37)59-56(61-57)38-18-8-4-9-19-38/h3-35H,1-2H3. The average molecular weight is 806 g/mol. The van der Waals surface area contributed by atoms with Crippen LogP contribution in [0.15, 0.2) is 200 Å². The molecular weight excluding hydrogens is 767 g/mol. The van der Waals surface area contributed by atoms with Crippen LogP contribution in [0.3, 0.4) is 0 Å². The summed E-state index contributed by atoms with van der Waals surface area (Å²) >= 11 is 0. The molecule has 0 atom stereocenters. The number of aromatic nitrogens is 5. The lowest BCUT2D eigenvalue weighted by Gasteiger charge is -2.35. The fourth-order valence-electron chi connectivity index (χ4n) is 10.3. The summed E-state index contributed by atoms with van der Waals surface area (Å²) in [6, 6.07) is 72.0. The fraction of sp³-hybridized carbons (Fsp3) is 0.0517. The van der Waals surface area contributed by atoms with Crippen molar-refractivity contribution in [1.29, 1.82) is 0 Å². The summed E-state index contributed by atoms with van der Waals surface area (Å²) in [5.74, 6) is 1.85. The van der Waals surface area contributed by atoms with Crippen molar-refractivity contribution in [2.75, 3.05) is 0 Å². The van der Waals surface area contributed by atoms with E-state index in [-0.39, 0.29) is 5.41 Å². The molecule has 296 valence electrons. The molecule has 0 radical (unpaired) electrons. The van der Waals surface area contributed by atoms with Gasteiger partial charge in [-0.15, -0.1) is 0 Å². The number of hydrogen-bond acceptors (Lipinski definition) is 3. The number of rotatable bonds is 5. The van der Waals surface area contributed by atoms with Gasteiger partial charge in [0.15, 0.2) is 11.6 Å². The van der Waals surface area contributed by atoms with E-state index in [1.807, 2.05) is 36.4 Å². The van der Waals surface area contributed by atoms with Crippen molar-refractivity contribution in [3.8, 4) is 56.7 Å². The monoisotopic (exact) mass is 805 g/mol. The molecule has 5 nitrogen and oxygen atoms in total. The van der Waals surface area contributed by atoms with Gasteiger partial charge in [0.1, 0.15) is 0 Å². The van der Waals surface area contributed by atoms with Crippen molar-refractivity contribution in [3.05, 3.63) is 211 Å². The molecule has 0 fully saturated rings. The zero-order chi connectivity index (χ0) is 41.8. The summed E-state index contributed by atoms with van der Waals surface area (Å²) in [4.78, 5) is 15.7. The maximum Gasteiger partial charge on any atom is 0.238 e. The third-order valence-electron chi connectivity index (χ3n) is 13.4. The van der Waals surface area contributed by atoms with E-state index in [1.54, 1.807) is 0 Å². The molecule has 63 heavy (non-hydrogen) atoms. The number of hydrogen-bond donors (Lipinski definition) is 0. The highest BCUT2D eigenvalue weighted by Crippen LogP contribution is 2.51. The molecule has 13 rings (SSSR count). The van der Waals surface area contributed by atoms with Gasteiger partial charge in [-0.2, -0.15) is 9.97 Å². The maximum absolute atomic E-state index is 5.30. The largest absolute Gasteiger partial charge is 0.309 e. The van der Waals surface area contributed by atoms with Crippen molar-refractivity contribution >= 4 is 54.4 Å². The molecule has 0 spiro atoms. The molecule has 0 aliphatic heterocycles. The Morgan fingerprint density at radius 1 is 0.365 bits per heavy atom. The minimum atomic E-state index is -0.262. The highest BCUT2D eigenvalue weighted by Gasteiger charge is 2.35. The lowest BCUT2D eigenvalue weighted by atomic mass is 9.68. The van der Waals surface area contributed by atoms with E-state index in [4.69, 9.17) is 15.0 Å². The lowest BCUT2D eigenvalue weighted by Crippen LogP contribution is -2.23. The van der Waals surface area contributed by atoms with E-state index in [2.05, 4.69) is 187 Å². The quantitative estimate of drug-likeness (QED) is 0.174. The van der Waals surface area contributed by atoms with Crippen molar-refractivity contribution < 1.29 is 0 Å². The third-order valence-corrected chi connectivity index (χ3v) is 13.4. The second kappa shape index (κ2) is 13.4. The average Bonchev–Trinajstić information content (AvgIpc) is 3.85. The van der Waals surface area contributed by atoms with Crippen LogP contribution in [0, 0.1) is 0 Å². The summed E-state index contributed by atoms with van der Waals surface area (Å²) in [6.07, 6.45) is 0. The van der Waals surface area contributed by atoms with Gasteiger partial charge in [-0.3, -0.25) is 4.57 Å². The molecule has 3 heterocycles. The zero-order valence-corrected chi connectivity index (χ0v) is 34.8. The predicted octanol–water partition coefficient (Wildman–Crippen LogP) is 14.5. The van der Waals surface area contributed by atoms with E-state index in [0.29, 0.717) is 17.6 Å². The van der Waals surface area contributed by atoms with E-state index in [0.717, 1.165) is 49.7 Å². The number of nitrogens with zero attached hydrogens (tertiary/aromatic N) is 5. The van der Waals surface area contributed by atoms with Crippen LogP contribution >= 0.6 is 0 Å². The summed E-state index contributed by atoms with van der Waals surface area (Å²) in [5, 5.41) is 7.36. The molecule has 0 saturated heterocycles. The summed E-state index contributed by atoms with van der Waals surface area (Å²) in [7, 11) is 0. The van der Waals surface area contributed by atoms with Gasteiger partial charge in [-0.25, -0.2) is 4.98 Å². The van der Waals surface area contributed by atoms with Gasteiger partial charge in [-0.05, 0) is 98.8 Å². The van der Waals surface area contributed by atoms with Gasteiger partial charge in [-0.1, -0.05) is 159 Å². The molecule has 9 aromatic carbocycles. The first-order chi connectivity index (χ1) is 31.0. The van der Waals surface area contributed by atoms with E-state index in [1.165, 1.54) is 54.8 Å². The Hall–Kier alpha value is -8.15. The highest BCUT2D eigenvalue weighted by molar-refractivity contribution is 6.15.